The second-order valence-corrected chi connectivity index (χ2v) is 8.65. The van der Waals surface area contributed by atoms with Crippen molar-refractivity contribution in [3.8, 4) is 11.3 Å². The third-order valence-corrected chi connectivity index (χ3v) is 5.26. The number of thiazole rings is 1. The molecule has 0 fully saturated rings. The highest BCUT2D eigenvalue weighted by Crippen LogP contribution is 2.32. The van der Waals surface area contributed by atoms with Crippen molar-refractivity contribution in [1.82, 2.24) is 4.98 Å². The van der Waals surface area contributed by atoms with Crippen LogP contribution in [0.5, 0.6) is 0 Å². The maximum absolute atomic E-state index is 12.5. The summed E-state index contributed by atoms with van der Waals surface area (Å²) in [6.07, 6.45) is 0. The lowest BCUT2D eigenvalue weighted by molar-refractivity contribution is 0.102. The minimum absolute atomic E-state index is 0.0510. The summed E-state index contributed by atoms with van der Waals surface area (Å²) in [4.78, 5) is 16.9. The zero-order valence-corrected chi connectivity index (χ0v) is 17.0. The molecule has 0 spiro atoms. The van der Waals surface area contributed by atoms with Crippen LogP contribution in [0.15, 0.2) is 47.8 Å². The molecule has 1 amide bonds. The Bertz CT molecular complexity index is 943. The number of benzene rings is 2. The van der Waals surface area contributed by atoms with Gasteiger partial charge in [0.05, 0.1) is 10.7 Å². The summed E-state index contributed by atoms with van der Waals surface area (Å²) in [6.45, 7) is 6.42. The van der Waals surface area contributed by atoms with Crippen molar-refractivity contribution in [2.75, 3.05) is 5.32 Å². The van der Waals surface area contributed by atoms with Gasteiger partial charge in [-0.25, -0.2) is 4.98 Å². The zero-order valence-electron chi connectivity index (χ0n) is 14.6. The summed E-state index contributed by atoms with van der Waals surface area (Å²) < 4.78 is 0. The number of nitrogens with zero attached hydrogens (tertiary/aromatic N) is 1. The monoisotopic (exact) mass is 404 g/mol. The van der Waals surface area contributed by atoms with Crippen molar-refractivity contribution in [1.29, 1.82) is 0 Å². The molecule has 0 aliphatic carbocycles. The van der Waals surface area contributed by atoms with Gasteiger partial charge in [-0.3, -0.25) is 10.1 Å². The lowest BCUT2D eigenvalue weighted by atomic mass is 9.87. The average molecular weight is 405 g/mol. The Labute approximate surface area is 167 Å². The van der Waals surface area contributed by atoms with Gasteiger partial charge in [-0.2, -0.15) is 0 Å². The first kappa shape index (κ1) is 18.9. The Hall–Kier alpha value is -1.88. The minimum Gasteiger partial charge on any atom is -0.298 e. The van der Waals surface area contributed by atoms with Crippen LogP contribution in [0.25, 0.3) is 11.3 Å². The molecule has 0 radical (unpaired) electrons. The molecular formula is C20H18Cl2N2OS. The van der Waals surface area contributed by atoms with Gasteiger partial charge in [-0.15, -0.1) is 11.3 Å². The van der Waals surface area contributed by atoms with Crippen LogP contribution in [0.1, 0.15) is 36.7 Å². The molecule has 3 rings (SSSR count). The van der Waals surface area contributed by atoms with Crippen LogP contribution in [0.2, 0.25) is 10.0 Å². The third-order valence-electron chi connectivity index (χ3n) is 3.94. The van der Waals surface area contributed by atoms with Crippen molar-refractivity contribution in [3.63, 3.8) is 0 Å². The fourth-order valence-electron chi connectivity index (χ4n) is 2.44. The zero-order chi connectivity index (χ0) is 18.9. The number of carbonyl (C=O) groups is 1. The first-order valence-electron chi connectivity index (χ1n) is 8.07. The number of hydrogen-bond acceptors (Lipinski definition) is 3. The molecule has 0 saturated heterocycles. The Morgan fingerprint density at radius 1 is 1.08 bits per heavy atom. The molecule has 2 aromatic carbocycles. The third kappa shape index (κ3) is 4.26. The van der Waals surface area contributed by atoms with E-state index in [9.17, 15) is 4.79 Å². The van der Waals surface area contributed by atoms with Crippen LogP contribution < -0.4 is 5.32 Å². The van der Waals surface area contributed by atoms with Gasteiger partial charge in [0.1, 0.15) is 0 Å². The highest BCUT2D eigenvalue weighted by molar-refractivity contribution is 7.14. The maximum atomic E-state index is 12.5. The van der Waals surface area contributed by atoms with E-state index < -0.39 is 0 Å². The summed E-state index contributed by atoms with van der Waals surface area (Å²) in [6, 6.07) is 12.8. The predicted octanol–water partition coefficient (Wildman–Crippen LogP) is 6.67. The van der Waals surface area contributed by atoms with E-state index in [4.69, 9.17) is 23.2 Å². The molecule has 26 heavy (non-hydrogen) atoms. The molecular weight excluding hydrogens is 387 g/mol. The largest absolute Gasteiger partial charge is 0.298 e. The summed E-state index contributed by atoms with van der Waals surface area (Å²) in [5.41, 5.74) is 3.25. The van der Waals surface area contributed by atoms with E-state index in [2.05, 4.69) is 31.1 Å². The van der Waals surface area contributed by atoms with Gasteiger partial charge >= 0.3 is 0 Å². The standard InChI is InChI=1S/C20H18Cl2N2OS/c1-20(2,3)13-6-4-12(5-7-13)18(25)24-19-23-17(11-26-19)15-10-14(21)8-9-16(15)22/h4-11H,1-3H3,(H,23,24,25). The Kier molecular flexibility index (Phi) is 5.37. The average Bonchev–Trinajstić information content (AvgIpc) is 3.04. The van der Waals surface area contributed by atoms with Crippen LogP contribution in [0.3, 0.4) is 0 Å². The minimum atomic E-state index is -0.191. The molecule has 3 aromatic rings. The number of hydrogen-bond donors (Lipinski definition) is 1. The molecule has 1 N–H and O–H groups in total. The number of carbonyl (C=O) groups excluding carboxylic acids is 1. The summed E-state index contributed by atoms with van der Waals surface area (Å²) in [5, 5.41) is 6.34. The van der Waals surface area contributed by atoms with Crippen molar-refractivity contribution < 1.29 is 4.79 Å². The van der Waals surface area contributed by atoms with Crippen LogP contribution in [0, 0.1) is 0 Å². The quantitative estimate of drug-likeness (QED) is 0.529. The summed E-state index contributed by atoms with van der Waals surface area (Å²) >= 11 is 13.6. The van der Waals surface area contributed by atoms with Crippen molar-refractivity contribution in [2.24, 2.45) is 0 Å². The SMILES string of the molecule is CC(C)(C)c1ccc(C(=O)Nc2nc(-c3cc(Cl)ccc3Cl)cs2)cc1. The van der Waals surface area contributed by atoms with E-state index in [1.165, 1.54) is 16.9 Å². The van der Waals surface area contributed by atoms with E-state index >= 15 is 0 Å². The lowest BCUT2D eigenvalue weighted by Gasteiger charge is -2.18. The topological polar surface area (TPSA) is 42.0 Å². The molecule has 0 saturated carbocycles. The molecule has 134 valence electrons. The maximum Gasteiger partial charge on any atom is 0.257 e. The van der Waals surface area contributed by atoms with Gasteiger partial charge in [0.15, 0.2) is 5.13 Å². The van der Waals surface area contributed by atoms with Gasteiger partial charge in [-0.05, 0) is 41.3 Å². The fourth-order valence-corrected chi connectivity index (χ4v) is 3.53. The number of rotatable bonds is 3. The highest BCUT2D eigenvalue weighted by Gasteiger charge is 2.15. The highest BCUT2D eigenvalue weighted by atomic mass is 35.5. The molecule has 0 bridgehead atoms. The van der Waals surface area contributed by atoms with E-state index in [0.29, 0.717) is 26.4 Å². The molecule has 6 heteroatoms. The van der Waals surface area contributed by atoms with Crippen molar-refractivity contribution in [2.45, 2.75) is 26.2 Å². The molecule has 1 heterocycles. The van der Waals surface area contributed by atoms with E-state index in [1.807, 2.05) is 29.6 Å². The summed E-state index contributed by atoms with van der Waals surface area (Å²) in [7, 11) is 0. The van der Waals surface area contributed by atoms with Gasteiger partial charge in [0.25, 0.3) is 5.91 Å². The molecule has 0 unspecified atom stereocenters. The number of halogens is 2. The second-order valence-electron chi connectivity index (χ2n) is 6.94. The molecule has 0 aliphatic heterocycles. The van der Waals surface area contributed by atoms with Crippen LogP contribution >= 0.6 is 34.5 Å². The molecule has 0 atom stereocenters. The number of anilines is 1. The predicted molar refractivity (Wildman–Crippen MR) is 111 cm³/mol. The first-order valence-corrected chi connectivity index (χ1v) is 9.70. The smallest absolute Gasteiger partial charge is 0.257 e. The number of amides is 1. The van der Waals surface area contributed by atoms with Crippen LogP contribution in [-0.4, -0.2) is 10.9 Å². The number of aromatic nitrogens is 1. The number of nitrogens with one attached hydrogen (secondary N) is 1. The molecule has 1 aromatic heterocycles. The summed E-state index contributed by atoms with van der Waals surface area (Å²) in [5.74, 6) is -0.191. The van der Waals surface area contributed by atoms with E-state index in [1.54, 1.807) is 18.2 Å². The van der Waals surface area contributed by atoms with Crippen LogP contribution in [-0.2, 0) is 5.41 Å². The van der Waals surface area contributed by atoms with Crippen molar-refractivity contribution >= 4 is 45.6 Å². The Balaban J connectivity index is 1.77. The van der Waals surface area contributed by atoms with Gasteiger partial charge < -0.3 is 0 Å². The molecule has 3 nitrogen and oxygen atoms in total. The second kappa shape index (κ2) is 7.39. The van der Waals surface area contributed by atoms with E-state index in [-0.39, 0.29) is 11.3 Å². The van der Waals surface area contributed by atoms with E-state index in [0.717, 1.165) is 5.56 Å². The van der Waals surface area contributed by atoms with Gasteiger partial charge in [0, 0.05) is 21.5 Å². The first-order chi connectivity index (χ1) is 12.2. The fraction of sp³-hybridized carbons (Fsp3) is 0.200. The Morgan fingerprint density at radius 2 is 1.77 bits per heavy atom. The van der Waals surface area contributed by atoms with Gasteiger partial charge in [0.2, 0.25) is 0 Å². The van der Waals surface area contributed by atoms with Gasteiger partial charge in [-0.1, -0.05) is 56.1 Å². The van der Waals surface area contributed by atoms with Crippen molar-refractivity contribution in [3.05, 3.63) is 69.0 Å². The molecule has 0 aliphatic rings. The van der Waals surface area contributed by atoms with Crippen LogP contribution in [0.4, 0.5) is 5.13 Å². The Morgan fingerprint density at radius 3 is 2.42 bits per heavy atom. The normalized spacial score (nSPS) is 11.4. The lowest BCUT2D eigenvalue weighted by Crippen LogP contribution is -2.14.